The smallest absolute Gasteiger partial charge is 0.257 e. The Morgan fingerprint density at radius 2 is 2.00 bits per heavy atom. The number of benzene rings is 2. The Balaban J connectivity index is 2.01. The van der Waals surface area contributed by atoms with Gasteiger partial charge in [-0.05, 0) is 37.4 Å². The van der Waals surface area contributed by atoms with E-state index in [1.807, 2.05) is 0 Å². The van der Waals surface area contributed by atoms with Gasteiger partial charge in [-0.25, -0.2) is 0 Å². The van der Waals surface area contributed by atoms with Gasteiger partial charge < -0.3 is 15.5 Å². The first kappa shape index (κ1) is 19.3. The second-order valence-corrected chi connectivity index (χ2v) is 6.83. The lowest BCUT2D eigenvalue weighted by Gasteiger charge is -2.27. The van der Waals surface area contributed by atoms with Crippen LogP contribution in [0, 0.1) is 0 Å². The number of para-hydroxylation sites is 1. The predicted molar refractivity (Wildman–Crippen MR) is 104 cm³/mol. The van der Waals surface area contributed by atoms with Crippen molar-refractivity contribution in [2.75, 3.05) is 37.0 Å². The largest absolute Gasteiger partial charge is 0.394 e. The molecule has 142 valence electrons. The number of fused-ring (bicyclic) bond motifs is 2. The number of carbonyl (C=O) groups excluding carboxylic acids is 2. The van der Waals surface area contributed by atoms with Gasteiger partial charge in [0.15, 0.2) is 0 Å². The lowest BCUT2D eigenvalue weighted by atomic mass is 10.1. The molecule has 0 saturated carbocycles. The Morgan fingerprint density at radius 3 is 2.74 bits per heavy atom. The Morgan fingerprint density at radius 1 is 1.26 bits per heavy atom. The minimum Gasteiger partial charge on any atom is -0.394 e. The monoisotopic (exact) mass is 389 g/mol. The number of anilines is 3. The highest BCUT2D eigenvalue weighted by atomic mass is 35.5. The number of likely N-dealkylation sites (N-methyl/N-ethyl adjacent to an activating group) is 1. The van der Waals surface area contributed by atoms with Gasteiger partial charge in [0, 0.05) is 11.6 Å². The highest BCUT2D eigenvalue weighted by Gasteiger charge is 2.29. The third-order valence-electron chi connectivity index (χ3n) is 4.23. The lowest BCUT2D eigenvalue weighted by molar-refractivity contribution is -0.119. The summed E-state index contributed by atoms with van der Waals surface area (Å²) in [5.74, 6) is -0.608. The fraction of sp³-hybridized carbons (Fsp3) is 0.263. The molecule has 2 aromatic rings. The topological polar surface area (TPSA) is 93.1 Å². The van der Waals surface area contributed by atoms with Crippen LogP contribution in [0.4, 0.5) is 17.1 Å². The molecule has 0 aliphatic carbocycles. The molecule has 0 radical (unpaired) electrons. The van der Waals surface area contributed by atoms with E-state index in [2.05, 4.69) is 5.32 Å². The van der Waals surface area contributed by atoms with Crippen LogP contribution in [0.3, 0.4) is 0 Å². The average Bonchev–Trinajstić information content (AvgIpc) is 2.75. The van der Waals surface area contributed by atoms with Gasteiger partial charge in [0.1, 0.15) is 0 Å². The predicted octanol–water partition coefficient (Wildman–Crippen LogP) is 1.86. The van der Waals surface area contributed by atoms with Crippen LogP contribution in [0.1, 0.15) is 10.4 Å². The van der Waals surface area contributed by atoms with E-state index >= 15 is 0 Å². The van der Waals surface area contributed by atoms with Crippen molar-refractivity contribution in [3.63, 3.8) is 0 Å². The van der Waals surface area contributed by atoms with E-state index in [1.165, 1.54) is 4.90 Å². The number of aliphatic hydroxyl groups excluding tert-OH is 2. The number of halogens is 1. The highest BCUT2D eigenvalue weighted by Crippen LogP contribution is 2.39. The standard InChI is InChI=1S/C19H20ClN3O4/c1-22(9-13(25)11-24)10-18(26)23-16-5-3-2-4-14(16)19(27)21-15-8-12(20)6-7-17(15)23/h2-8,13,24-25H,9-11H2,1H3,(H,21,27). The van der Waals surface area contributed by atoms with Crippen LogP contribution < -0.4 is 10.2 Å². The van der Waals surface area contributed by atoms with E-state index in [4.69, 9.17) is 16.7 Å². The van der Waals surface area contributed by atoms with Gasteiger partial charge in [0.2, 0.25) is 5.91 Å². The third kappa shape index (κ3) is 4.12. The van der Waals surface area contributed by atoms with Gasteiger partial charge in [-0.15, -0.1) is 0 Å². The molecule has 1 atom stereocenters. The van der Waals surface area contributed by atoms with Crippen molar-refractivity contribution in [2.45, 2.75) is 6.10 Å². The van der Waals surface area contributed by atoms with Crippen LogP contribution in [0.15, 0.2) is 42.5 Å². The number of carbonyl (C=O) groups is 2. The molecule has 0 bridgehead atoms. The van der Waals surface area contributed by atoms with Gasteiger partial charge in [-0.2, -0.15) is 0 Å². The summed E-state index contributed by atoms with van der Waals surface area (Å²) in [6, 6.07) is 11.8. The summed E-state index contributed by atoms with van der Waals surface area (Å²) < 4.78 is 0. The molecule has 2 amide bonds. The number of hydrogen-bond acceptors (Lipinski definition) is 5. The maximum Gasteiger partial charge on any atom is 0.257 e. The number of nitrogens with zero attached hydrogens (tertiary/aromatic N) is 2. The minimum absolute atomic E-state index is 0.0123. The molecular formula is C19H20ClN3O4. The molecule has 3 N–H and O–H groups in total. The van der Waals surface area contributed by atoms with E-state index in [1.54, 1.807) is 54.4 Å². The second kappa shape index (κ2) is 8.06. The van der Waals surface area contributed by atoms with E-state index in [0.717, 1.165) is 0 Å². The Kier molecular flexibility index (Phi) is 5.76. The van der Waals surface area contributed by atoms with Crippen LogP contribution in [0.2, 0.25) is 5.02 Å². The maximum atomic E-state index is 13.1. The Labute approximate surface area is 161 Å². The zero-order valence-corrected chi connectivity index (χ0v) is 15.5. The van der Waals surface area contributed by atoms with Crippen molar-refractivity contribution in [3.8, 4) is 0 Å². The zero-order chi connectivity index (χ0) is 19.6. The lowest BCUT2D eigenvalue weighted by Crippen LogP contribution is -2.40. The highest BCUT2D eigenvalue weighted by molar-refractivity contribution is 6.31. The van der Waals surface area contributed by atoms with Gasteiger partial charge in [-0.3, -0.25) is 19.4 Å². The third-order valence-corrected chi connectivity index (χ3v) is 4.46. The van der Waals surface area contributed by atoms with Crippen molar-refractivity contribution >= 4 is 40.5 Å². The van der Waals surface area contributed by atoms with Crippen molar-refractivity contribution in [3.05, 3.63) is 53.1 Å². The molecule has 0 fully saturated rings. The van der Waals surface area contributed by atoms with E-state index in [9.17, 15) is 14.7 Å². The number of hydrogen-bond donors (Lipinski definition) is 3. The van der Waals surface area contributed by atoms with Crippen LogP contribution in [0.25, 0.3) is 0 Å². The van der Waals surface area contributed by atoms with E-state index in [0.29, 0.717) is 27.6 Å². The first-order valence-electron chi connectivity index (χ1n) is 8.41. The molecule has 0 saturated heterocycles. The molecule has 1 unspecified atom stereocenters. The molecule has 0 aromatic heterocycles. The van der Waals surface area contributed by atoms with Gasteiger partial charge in [0.05, 0.1) is 41.9 Å². The minimum atomic E-state index is -0.937. The Bertz CT molecular complexity index is 874. The number of aliphatic hydroxyl groups is 2. The van der Waals surface area contributed by atoms with Crippen molar-refractivity contribution in [2.24, 2.45) is 0 Å². The summed E-state index contributed by atoms with van der Waals surface area (Å²) >= 11 is 6.06. The summed E-state index contributed by atoms with van der Waals surface area (Å²) in [5, 5.41) is 21.8. The fourth-order valence-electron chi connectivity index (χ4n) is 3.04. The normalized spacial score (nSPS) is 14.3. The van der Waals surface area contributed by atoms with Gasteiger partial charge in [-0.1, -0.05) is 23.7 Å². The number of amides is 2. The molecule has 1 aliphatic heterocycles. The van der Waals surface area contributed by atoms with Crippen LogP contribution >= 0.6 is 11.6 Å². The first-order valence-corrected chi connectivity index (χ1v) is 8.79. The molecule has 0 spiro atoms. The molecular weight excluding hydrogens is 370 g/mol. The molecule has 8 heteroatoms. The van der Waals surface area contributed by atoms with Crippen LogP contribution in [0.5, 0.6) is 0 Å². The molecule has 7 nitrogen and oxygen atoms in total. The van der Waals surface area contributed by atoms with Crippen molar-refractivity contribution < 1.29 is 19.8 Å². The average molecular weight is 390 g/mol. The maximum absolute atomic E-state index is 13.1. The summed E-state index contributed by atoms with van der Waals surface area (Å²) in [7, 11) is 1.67. The van der Waals surface area contributed by atoms with Gasteiger partial charge in [0.25, 0.3) is 5.91 Å². The second-order valence-electron chi connectivity index (χ2n) is 6.40. The summed E-state index contributed by atoms with van der Waals surface area (Å²) in [4.78, 5) is 28.8. The van der Waals surface area contributed by atoms with Gasteiger partial charge >= 0.3 is 0 Å². The molecule has 2 aromatic carbocycles. The van der Waals surface area contributed by atoms with E-state index < -0.39 is 6.10 Å². The van der Waals surface area contributed by atoms with Crippen LogP contribution in [-0.4, -0.2) is 59.8 Å². The molecule has 1 heterocycles. The number of rotatable bonds is 5. The SMILES string of the molecule is CN(CC(=O)N1c2ccc(Cl)cc2NC(=O)c2ccccc21)CC(O)CO. The molecule has 1 aliphatic rings. The summed E-state index contributed by atoms with van der Waals surface area (Å²) in [6.45, 7) is -0.255. The van der Waals surface area contributed by atoms with Crippen molar-refractivity contribution in [1.82, 2.24) is 4.90 Å². The quantitative estimate of drug-likeness (QED) is 0.725. The molecule has 27 heavy (non-hydrogen) atoms. The number of nitrogens with one attached hydrogen (secondary N) is 1. The summed E-state index contributed by atoms with van der Waals surface area (Å²) in [5.41, 5.74) is 1.79. The molecule has 3 rings (SSSR count). The first-order chi connectivity index (χ1) is 12.9. The van der Waals surface area contributed by atoms with Crippen molar-refractivity contribution in [1.29, 1.82) is 0 Å². The Hall–Kier alpha value is -2.45. The van der Waals surface area contributed by atoms with Crippen LogP contribution in [-0.2, 0) is 4.79 Å². The van der Waals surface area contributed by atoms with E-state index in [-0.39, 0.29) is 31.5 Å². The summed E-state index contributed by atoms with van der Waals surface area (Å²) in [6.07, 6.45) is -0.937. The fourth-order valence-corrected chi connectivity index (χ4v) is 3.21. The zero-order valence-electron chi connectivity index (χ0n) is 14.7.